The van der Waals surface area contributed by atoms with Crippen LogP contribution in [0.1, 0.15) is 13.8 Å². The number of ether oxygens (including phenoxy) is 1. The zero-order valence-electron chi connectivity index (χ0n) is 7.33. The van der Waals surface area contributed by atoms with Gasteiger partial charge in [0.2, 0.25) is 5.91 Å². The van der Waals surface area contributed by atoms with Crippen molar-refractivity contribution < 1.29 is 19.4 Å². The van der Waals surface area contributed by atoms with Gasteiger partial charge in [0.1, 0.15) is 0 Å². The molecule has 0 saturated heterocycles. The average molecular weight is 175 g/mol. The van der Waals surface area contributed by atoms with Crippen LogP contribution < -0.4 is 5.32 Å². The Morgan fingerprint density at radius 2 is 2.00 bits per heavy atom. The van der Waals surface area contributed by atoms with Crippen LogP contribution in [0.5, 0.6) is 0 Å². The minimum atomic E-state index is -0.979. The topological polar surface area (TPSA) is 75.6 Å². The van der Waals surface area contributed by atoms with E-state index in [-0.39, 0.29) is 5.91 Å². The van der Waals surface area contributed by atoms with E-state index in [0.29, 0.717) is 0 Å². The summed E-state index contributed by atoms with van der Waals surface area (Å²) in [5, 5.41) is 11.3. The second kappa shape index (κ2) is 4.71. The van der Waals surface area contributed by atoms with E-state index < -0.39 is 18.1 Å². The molecule has 0 fully saturated rings. The first kappa shape index (κ1) is 10.9. The van der Waals surface area contributed by atoms with Crippen LogP contribution in [0.4, 0.5) is 0 Å². The first-order valence-corrected chi connectivity index (χ1v) is 3.52. The number of hydrogen-bond acceptors (Lipinski definition) is 4. The Morgan fingerprint density at radius 1 is 1.50 bits per heavy atom. The third-order valence-corrected chi connectivity index (χ3v) is 1.30. The summed E-state index contributed by atoms with van der Waals surface area (Å²) in [5.74, 6) is -1.04. The van der Waals surface area contributed by atoms with Crippen molar-refractivity contribution in [2.45, 2.75) is 26.0 Å². The van der Waals surface area contributed by atoms with Crippen molar-refractivity contribution in [3.05, 3.63) is 0 Å². The zero-order chi connectivity index (χ0) is 9.72. The highest BCUT2D eigenvalue weighted by Gasteiger charge is 2.24. The Balaban J connectivity index is 4.23. The standard InChI is InChI=1S/C7H13NO4/c1-4(9)6(7(11)12-3)8-5(2)10/h4,6,9H,1-3H3,(H,8,10). The molecule has 2 unspecified atom stereocenters. The summed E-state index contributed by atoms with van der Waals surface area (Å²) >= 11 is 0. The third kappa shape index (κ3) is 3.34. The van der Waals surface area contributed by atoms with E-state index in [2.05, 4.69) is 10.1 Å². The molecule has 70 valence electrons. The largest absolute Gasteiger partial charge is 0.467 e. The first-order valence-electron chi connectivity index (χ1n) is 3.52. The molecule has 0 aromatic rings. The van der Waals surface area contributed by atoms with Crippen molar-refractivity contribution in [1.29, 1.82) is 0 Å². The number of esters is 1. The van der Waals surface area contributed by atoms with Gasteiger partial charge < -0.3 is 15.2 Å². The van der Waals surface area contributed by atoms with Crippen molar-refractivity contribution in [1.82, 2.24) is 5.32 Å². The van der Waals surface area contributed by atoms with Gasteiger partial charge in [-0.1, -0.05) is 0 Å². The molecule has 5 heteroatoms. The maximum Gasteiger partial charge on any atom is 0.331 e. The fraction of sp³-hybridized carbons (Fsp3) is 0.714. The zero-order valence-corrected chi connectivity index (χ0v) is 7.33. The highest BCUT2D eigenvalue weighted by Crippen LogP contribution is 1.95. The summed E-state index contributed by atoms with van der Waals surface area (Å²) in [7, 11) is 1.19. The number of rotatable bonds is 3. The Morgan fingerprint density at radius 3 is 2.25 bits per heavy atom. The molecule has 2 atom stereocenters. The van der Waals surface area contributed by atoms with Gasteiger partial charge in [-0.2, -0.15) is 0 Å². The van der Waals surface area contributed by atoms with Crippen LogP contribution in [-0.4, -0.2) is 36.2 Å². The van der Waals surface area contributed by atoms with Gasteiger partial charge in [-0.15, -0.1) is 0 Å². The van der Waals surface area contributed by atoms with Crippen LogP contribution in [0.25, 0.3) is 0 Å². The summed E-state index contributed by atoms with van der Waals surface area (Å²) in [5.41, 5.74) is 0. The molecule has 2 N–H and O–H groups in total. The van der Waals surface area contributed by atoms with Crippen molar-refractivity contribution in [3.8, 4) is 0 Å². The van der Waals surface area contributed by atoms with Gasteiger partial charge >= 0.3 is 5.97 Å². The monoisotopic (exact) mass is 175 g/mol. The lowest BCUT2D eigenvalue weighted by Gasteiger charge is -2.17. The molecule has 0 bridgehead atoms. The maximum atomic E-state index is 10.9. The Bertz CT molecular complexity index is 178. The number of carbonyl (C=O) groups is 2. The van der Waals surface area contributed by atoms with E-state index in [4.69, 9.17) is 5.11 Å². The molecule has 0 aliphatic rings. The second-order valence-electron chi connectivity index (χ2n) is 2.44. The van der Waals surface area contributed by atoms with E-state index in [9.17, 15) is 9.59 Å². The van der Waals surface area contributed by atoms with Crippen LogP contribution in [0.15, 0.2) is 0 Å². The molecule has 0 heterocycles. The molecule has 0 aliphatic carbocycles. The van der Waals surface area contributed by atoms with Crippen LogP contribution in [0.3, 0.4) is 0 Å². The maximum absolute atomic E-state index is 10.9. The number of nitrogens with one attached hydrogen (secondary N) is 1. The van der Waals surface area contributed by atoms with Gasteiger partial charge in [0.25, 0.3) is 0 Å². The highest BCUT2D eigenvalue weighted by atomic mass is 16.5. The Hall–Kier alpha value is -1.10. The molecule has 0 aliphatic heterocycles. The summed E-state index contributed by atoms with van der Waals surface area (Å²) in [6.45, 7) is 2.66. The molecule has 0 rings (SSSR count). The van der Waals surface area contributed by atoms with Gasteiger partial charge in [-0.05, 0) is 6.92 Å². The molecule has 0 spiro atoms. The van der Waals surface area contributed by atoms with Crippen molar-refractivity contribution in [2.75, 3.05) is 7.11 Å². The van der Waals surface area contributed by atoms with Gasteiger partial charge in [-0.3, -0.25) is 4.79 Å². The van der Waals surface area contributed by atoms with Crippen LogP contribution in [0, 0.1) is 0 Å². The van der Waals surface area contributed by atoms with Gasteiger partial charge in [0.15, 0.2) is 6.04 Å². The quantitative estimate of drug-likeness (QED) is 0.542. The lowest BCUT2D eigenvalue weighted by molar-refractivity contribution is -0.147. The van der Waals surface area contributed by atoms with E-state index >= 15 is 0 Å². The summed E-state index contributed by atoms with van der Waals surface area (Å²) in [6, 6.07) is -0.979. The number of hydrogen-bond donors (Lipinski definition) is 2. The molecule has 0 aromatic heterocycles. The molecular formula is C7H13NO4. The number of methoxy groups -OCH3 is 1. The molecule has 0 radical (unpaired) electrons. The van der Waals surface area contributed by atoms with Crippen LogP contribution in [0.2, 0.25) is 0 Å². The lowest BCUT2D eigenvalue weighted by atomic mass is 10.2. The predicted molar refractivity (Wildman–Crippen MR) is 41.3 cm³/mol. The second-order valence-corrected chi connectivity index (χ2v) is 2.44. The molecule has 0 aromatic carbocycles. The number of amides is 1. The van der Waals surface area contributed by atoms with Crippen LogP contribution in [-0.2, 0) is 14.3 Å². The number of aliphatic hydroxyl groups is 1. The van der Waals surface area contributed by atoms with Crippen molar-refractivity contribution >= 4 is 11.9 Å². The normalized spacial score (nSPS) is 14.7. The molecule has 1 amide bonds. The smallest absolute Gasteiger partial charge is 0.331 e. The summed E-state index contributed by atoms with van der Waals surface area (Å²) in [4.78, 5) is 21.4. The summed E-state index contributed by atoms with van der Waals surface area (Å²) in [6.07, 6.45) is -0.957. The highest BCUT2D eigenvalue weighted by molar-refractivity contribution is 5.83. The third-order valence-electron chi connectivity index (χ3n) is 1.30. The minimum Gasteiger partial charge on any atom is -0.467 e. The van der Waals surface area contributed by atoms with E-state index in [1.165, 1.54) is 21.0 Å². The predicted octanol–water partition coefficient (Wildman–Crippen LogP) is -0.955. The number of carbonyl (C=O) groups excluding carboxylic acids is 2. The lowest BCUT2D eigenvalue weighted by Crippen LogP contribution is -2.47. The Labute approximate surface area is 70.7 Å². The van der Waals surface area contributed by atoms with E-state index in [1.807, 2.05) is 0 Å². The van der Waals surface area contributed by atoms with Crippen molar-refractivity contribution in [2.24, 2.45) is 0 Å². The van der Waals surface area contributed by atoms with Gasteiger partial charge in [0.05, 0.1) is 13.2 Å². The molecule has 0 saturated carbocycles. The molecular weight excluding hydrogens is 162 g/mol. The Kier molecular flexibility index (Phi) is 4.28. The van der Waals surface area contributed by atoms with E-state index in [0.717, 1.165) is 0 Å². The van der Waals surface area contributed by atoms with E-state index in [1.54, 1.807) is 0 Å². The molecule has 12 heavy (non-hydrogen) atoms. The van der Waals surface area contributed by atoms with Crippen LogP contribution >= 0.6 is 0 Å². The number of aliphatic hydroxyl groups excluding tert-OH is 1. The summed E-state index contributed by atoms with van der Waals surface area (Å²) < 4.78 is 4.36. The van der Waals surface area contributed by atoms with Gasteiger partial charge in [-0.25, -0.2) is 4.79 Å². The van der Waals surface area contributed by atoms with Gasteiger partial charge in [0, 0.05) is 6.92 Å². The SMILES string of the molecule is COC(=O)C(NC(C)=O)C(C)O. The molecule has 5 nitrogen and oxygen atoms in total. The fourth-order valence-corrected chi connectivity index (χ4v) is 0.722. The average Bonchev–Trinajstić information content (AvgIpc) is 1.98. The van der Waals surface area contributed by atoms with Crippen molar-refractivity contribution in [3.63, 3.8) is 0 Å². The fourth-order valence-electron chi connectivity index (χ4n) is 0.722. The first-order chi connectivity index (χ1) is 5.49. The minimum absolute atomic E-state index is 0.383.